The Morgan fingerprint density at radius 2 is 1.57 bits per heavy atom. The van der Waals surface area contributed by atoms with Gasteiger partial charge in [-0.2, -0.15) is 10.2 Å². The Morgan fingerprint density at radius 1 is 0.952 bits per heavy atom. The minimum absolute atomic E-state index is 0.124. The number of hydrogen-bond acceptors (Lipinski definition) is 4. The molecular weight excluding hydrogens is 262 g/mol. The summed E-state index contributed by atoms with van der Waals surface area (Å²) in [5.41, 5.74) is 5.00. The molecule has 2 aromatic rings. The normalized spacial score (nSPS) is 11.0. The summed E-state index contributed by atoms with van der Waals surface area (Å²) < 4.78 is 0. The Bertz CT molecular complexity index is 618. The van der Waals surface area contributed by atoms with E-state index in [1.165, 1.54) is 5.56 Å². The van der Waals surface area contributed by atoms with Crippen LogP contribution in [0.25, 0.3) is 0 Å². The lowest BCUT2D eigenvalue weighted by Crippen LogP contribution is -2.11. The van der Waals surface area contributed by atoms with Crippen molar-refractivity contribution in [1.82, 2.24) is 0 Å². The van der Waals surface area contributed by atoms with E-state index in [9.17, 15) is 5.11 Å². The predicted octanol–water partition coefficient (Wildman–Crippen LogP) is 4.01. The van der Waals surface area contributed by atoms with Gasteiger partial charge < -0.3 is 10.0 Å². The first-order valence-corrected chi connectivity index (χ1v) is 6.99. The fourth-order valence-corrected chi connectivity index (χ4v) is 2.12. The topological polar surface area (TPSA) is 48.2 Å². The van der Waals surface area contributed by atoms with E-state index in [-0.39, 0.29) is 6.61 Å². The van der Waals surface area contributed by atoms with Gasteiger partial charge in [0.15, 0.2) is 0 Å². The molecule has 0 aromatic heterocycles. The molecule has 0 aliphatic rings. The van der Waals surface area contributed by atoms with E-state index in [0.717, 1.165) is 22.6 Å². The SMILES string of the molecule is Cc1ccc(/N=N/c2ccc(N(C)C)c(CCO)c2)cc1. The van der Waals surface area contributed by atoms with Gasteiger partial charge in [-0.25, -0.2) is 0 Å². The van der Waals surface area contributed by atoms with Crippen LogP contribution in [-0.2, 0) is 6.42 Å². The fraction of sp³-hybridized carbons (Fsp3) is 0.294. The maximum absolute atomic E-state index is 9.18. The van der Waals surface area contributed by atoms with Crippen molar-refractivity contribution in [2.75, 3.05) is 25.6 Å². The molecule has 0 unspecified atom stereocenters. The molecule has 21 heavy (non-hydrogen) atoms. The van der Waals surface area contributed by atoms with E-state index < -0.39 is 0 Å². The molecule has 2 aromatic carbocycles. The van der Waals surface area contributed by atoms with Crippen LogP contribution in [0.15, 0.2) is 52.7 Å². The summed E-state index contributed by atoms with van der Waals surface area (Å²) in [6.07, 6.45) is 0.613. The zero-order valence-corrected chi connectivity index (χ0v) is 12.7. The molecule has 0 aliphatic carbocycles. The van der Waals surface area contributed by atoms with E-state index in [4.69, 9.17) is 0 Å². The van der Waals surface area contributed by atoms with Crippen LogP contribution in [0.1, 0.15) is 11.1 Å². The highest BCUT2D eigenvalue weighted by atomic mass is 16.2. The molecule has 4 heteroatoms. The van der Waals surface area contributed by atoms with Crippen molar-refractivity contribution in [3.05, 3.63) is 53.6 Å². The van der Waals surface area contributed by atoms with E-state index in [1.54, 1.807) is 0 Å². The second-order valence-electron chi connectivity index (χ2n) is 5.22. The summed E-state index contributed by atoms with van der Waals surface area (Å²) in [4.78, 5) is 2.03. The number of aliphatic hydroxyl groups is 1. The van der Waals surface area contributed by atoms with Crippen LogP contribution in [0.4, 0.5) is 17.1 Å². The lowest BCUT2D eigenvalue weighted by Gasteiger charge is -2.17. The number of aryl methyl sites for hydroxylation is 1. The quantitative estimate of drug-likeness (QED) is 0.843. The summed E-state index contributed by atoms with van der Waals surface area (Å²) in [6, 6.07) is 13.8. The van der Waals surface area contributed by atoms with Crippen LogP contribution in [0, 0.1) is 6.92 Å². The van der Waals surface area contributed by atoms with Crippen molar-refractivity contribution in [2.45, 2.75) is 13.3 Å². The number of hydrogen-bond donors (Lipinski definition) is 1. The highest BCUT2D eigenvalue weighted by molar-refractivity contribution is 5.58. The van der Waals surface area contributed by atoms with Gasteiger partial charge >= 0.3 is 0 Å². The van der Waals surface area contributed by atoms with E-state index in [1.807, 2.05) is 68.4 Å². The highest BCUT2D eigenvalue weighted by Crippen LogP contribution is 2.26. The predicted molar refractivity (Wildman–Crippen MR) is 86.9 cm³/mol. The zero-order valence-electron chi connectivity index (χ0n) is 12.7. The van der Waals surface area contributed by atoms with Crippen LogP contribution >= 0.6 is 0 Å². The van der Waals surface area contributed by atoms with E-state index in [2.05, 4.69) is 10.2 Å². The molecule has 1 N–H and O–H groups in total. The first kappa shape index (κ1) is 15.2. The highest BCUT2D eigenvalue weighted by Gasteiger charge is 2.05. The third kappa shape index (κ3) is 4.13. The van der Waals surface area contributed by atoms with E-state index in [0.29, 0.717) is 6.42 Å². The Morgan fingerprint density at radius 3 is 2.19 bits per heavy atom. The van der Waals surface area contributed by atoms with Crippen molar-refractivity contribution in [2.24, 2.45) is 10.2 Å². The van der Waals surface area contributed by atoms with Crippen molar-refractivity contribution in [3.63, 3.8) is 0 Å². The molecular formula is C17H21N3O. The molecule has 0 saturated heterocycles. The van der Waals surface area contributed by atoms with Crippen molar-refractivity contribution < 1.29 is 5.11 Å². The van der Waals surface area contributed by atoms with Gasteiger partial charge in [-0.15, -0.1) is 0 Å². The minimum Gasteiger partial charge on any atom is -0.396 e. The van der Waals surface area contributed by atoms with Crippen LogP contribution in [0.5, 0.6) is 0 Å². The number of anilines is 1. The molecule has 0 aliphatic heterocycles. The standard InChI is InChI=1S/C17H21N3O/c1-13-4-6-15(7-5-13)18-19-16-8-9-17(20(2)3)14(12-16)10-11-21/h4-9,12,21H,10-11H2,1-3H3/b19-18+. The number of benzene rings is 2. The number of aliphatic hydroxyl groups excluding tert-OH is 1. The Kier molecular flexibility index (Phi) is 5.06. The number of azo groups is 1. The second-order valence-corrected chi connectivity index (χ2v) is 5.22. The summed E-state index contributed by atoms with van der Waals surface area (Å²) in [5.74, 6) is 0. The van der Waals surface area contributed by atoms with Crippen molar-refractivity contribution in [3.8, 4) is 0 Å². The van der Waals surface area contributed by atoms with E-state index >= 15 is 0 Å². The average Bonchev–Trinajstić information content (AvgIpc) is 2.47. The third-order valence-electron chi connectivity index (χ3n) is 3.24. The Hall–Kier alpha value is -2.20. The van der Waals surface area contributed by atoms with Gasteiger partial charge in [0.2, 0.25) is 0 Å². The molecule has 0 heterocycles. The summed E-state index contributed by atoms with van der Waals surface area (Å²) in [7, 11) is 3.98. The molecule has 0 radical (unpaired) electrons. The maximum Gasteiger partial charge on any atom is 0.0861 e. The molecule has 0 bridgehead atoms. The monoisotopic (exact) mass is 283 g/mol. The maximum atomic E-state index is 9.18. The number of rotatable bonds is 5. The van der Waals surface area contributed by atoms with Gasteiger partial charge in [0.05, 0.1) is 11.4 Å². The van der Waals surface area contributed by atoms with Crippen LogP contribution < -0.4 is 4.90 Å². The minimum atomic E-state index is 0.124. The third-order valence-corrected chi connectivity index (χ3v) is 3.24. The zero-order chi connectivity index (χ0) is 15.2. The Labute approximate surface area is 125 Å². The molecule has 0 fully saturated rings. The second kappa shape index (κ2) is 6.99. The largest absolute Gasteiger partial charge is 0.396 e. The van der Waals surface area contributed by atoms with Gasteiger partial charge in [-0.1, -0.05) is 17.7 Å². The molecule has 110 valence electrons. The first-order valence-electron chi connectivity index (χ1n) is 6.99. The summed E-state index contributed by atoms with van der Waals surface area (Å²) in [5, 5.41) is 17.7. The molecule has 4 nitrogen and oxygen atoms in total. The lowest BCUT2D eigenvalue weighted by molar-refractivity contribution is 0.299. The molecule has 0 atom stereocenters. The van der Waals surface area contributed by atoms with Gasteiger partial charge in [0, 0.05) is 26.4 Å². The molecule has 2 rings (SSSR count). The van der Waals surface area contributed by atoms with Crippen LogP contribution in [0.2, 0.25) is 0 Å². The van der Waals surface area contributed by atoms with Crippen LogP contribution in [0.3, 0.4) is 0 Å². The van der Waals surface area contributed by atoms with Crippen molar-refractivity contribution >= 4 is 17.1 Å². The molecule has 0 saturated carbocycles. The molecule has 0 spiro atoms. The van der Waals surface area contributed by atoms with Gasteiger partial charge in [0.1, 0.15) is 0 Å². The van der Waals surface area contributed by atoms with Crippen LogP contribution in [-0.4, -0.2) is 25.8 Å². The summed E-state index contributed by atoms with van der Waals surface area (Å²) >= 11 is 0. The Balaban J connectivity index is 2.23. The number of nitrogens with zero attached hydrogens (tertiary/aromatic N) is 3. The fourth-order valence-electron chi connectivity index (χ4n) is 2.12. The van der Waals surface area contributed by atoms with Gasteiger partial charge in [-0.3, -0.25) is 0 Å². The lowest BCUT2D eigenvalue weighted by atomic mass is 10.1. The van der Waals surface area contributed by atoms with Gasteiger partial charge in [0.25, 0.3) is 0 Å². The first-order chi connectivity index (χ1) is 10.1. The molecule has 0 amide bonds. The average molecular weight is 283 g/mol. The van der Waals surface area contributed by atoms with Crippen molar-refractivity contribution in [1.29, 1.82) is 0 Å². The summed E-state index contributed by atoms with van der Waals surface area (Å²) in [6.45, 7) is 2.17. The smallest absolute Gasteiger partial charge is 0.0861 e. The van der Waals surface area contributed by atoms with Gasteiger partial charge in [-0.05, 0) is 49.2 Å².